The van der Waals surface area contributed by atoms with Gasteiger partial charge in [0.1, 0.15) is 0 Å². The third-order valence-electron chi connectivity index (χ3n) is 3.94. The van der Waals surface area contributed by atoms with E-state index in [4.69, 9.17) is 0 Å². The average Bonchev–Trinajstić information content (AvgIpc) is 2.49. The zero-order valence-corrected chi connectivity index (χ0v) is 12.0. The van der Waals surface area contributed by atoms with Crippen molar-refractivity contribution in [1.29, 1.82) is 0 Å². The molecule has 1 heteroatoms. The minimum absolute atomic E-state index is 0.323. The summed E-state index contributed by atoms with van der Waals surface area (Å²) in [5.74, 6) is 0. The summed E-state index contributed by atoms with van der Waals surface area (Å²) in [6, 6.07) is 17.5. The van der Waals surface area contributed by atoms with Crippen molar-refractivity contribution in [3.05, 3.63) is 84.1 Å². The van der Waals surface area contributed by atoms with Crippen molar-refractivity contribution in [3.8, 4) is 11.1 Å². The van der Waals surface area contributed by atoms with Gasteiger partial charge in [-0.15, -0.1) is 0 Å². The molecule has 0 N–H and O–H groups in total. The Kier molecular flexibility index (Phi) is 3.42. The second-order valence-electron chi connectivity index (χ2n) is 5.22. The average molecular weight is 261 g/mol. The van der Waals surface area contributed by atoms with Crippen LogP contribution in [0.25, 0.3) is 11.1 Å². The molecule has 100 valence electrons. The van der Waals surface area contributed by atoms with Crippen LogP contribution in [0.5, 0.6) is 0 Å². The van der Waals surface area contributed by atoms with E-state index in [9.17, 15) is 0 Å². The van der Waals surface area contributed by atoms with E-state index < -0.39 is 0 Å². The van der Waals surface area contributed by atoms with Crippen LogP contribution < -0.4 is 0 Å². The van der Waals surface area contributed by atoms with Crippen LogP contribution in [0.3, 0.4) is 0 Å². The fourth-order valence-electron chi connectivity index (χ4n) is 2.81. The summed E-state index contributed by atoms with van der Waals surface area (Å²) in [4.78, 5) is 2.25. The molecule has 1 unspecified atom stereocenters. The molecule has 2 aromatic carbocycles. The first kappa shape index (κ1) is 12.7. The number of allylic oxidation sites excluding steroid dienone is 2. The minimum Gasteiger partial charge on any atom is -0.370 e. The van der Waals surface area contributed by atoms with Crippen LogP contribution >= 0.6 is 0 Å². The largest absolute Gasteiger partial charge is 0.370 e. The quantitative estimate of drug-likeness (QED) is 0.756. The lowest BCUT2D eigenvalue weighted by molar-refractivity contribution is 0.389. The monoisotopic (exact) mass is 261 g/mol. The van der Waals surface area contributed by atoms with Crippen molar-refractivity contribution < 1.29 is 0 Å². The zero-order chi connectivity index (χ0) is 13.9. The smallest absolute Gasteiger partial charge is 0.0723 e. The normalized spacial score (nSPS) is 17.5. The fraction of sp³-hybridized carbons (Fsp3) is 0.158. The number of rotatable bonds is 2. The lowest BCUT2D eigenvalue weighted by Gasteiger charge is -2.28. The zero-order valence-electron chi connectivity index (χ0n) is 12.0. The number of nitrogens with zero attached hydrogens (tertiary/aromatic N) is 1. The van der Waals surface area contributed by atoms with E-state index in [0.29, 0.717) is 6.04 Å². The van der Waals surface area contributed by atoms with Crippen LogP contribution in [0.2, 0.25) is 0 Å². The Morgan fingerprint density at radius 2 is 1.70 bits per heavy atom. The summed E-state index contributed by atoms with van der Waals surface area (Å²) in [6.07, 6.45) is 8.57. The molecule has 0 aromatic heterocycles. The van der Waals surface area contributed by atoms with E-state index in [2.05, 4.69) is 91.8 Å². The van der Waals surface area contributed by atoms with Gasteiger partial charge in [0.05, 0.1) is 6.04 Å². The van der Waals surface area contributed by atoms with Crippen LogP contribution in [-0.4, -0.2) is 11.9 Å². The molecule has 20 heavy (non-hydrogen) atoms. The maximum Gasteiger partial charge on any atom is 0.0723 e. The van der Waals surface area contributed by atoms with Crippen molar-refractivity contribution in [3.63, 3.8) is 0 Å². The molecular formula is C19H19N. The Bertz CT molecular complexity index is 653. The van der Waals surface area contributed by atoms with Gasteiger partial charge in [-0.2, -0.15) is 0 Å². The van der Waals surface area contributed by atoms with Gasteiger partial charge in [-0.3, -0.25) is 0 Å². The molecule has 1 aliphatic heterocycles. The standard InChI is InChI=1S/C19H19N/c1-15-17(16-9-4-3-5-10-16)11-8-12-18(15)19-13-6-7-14-20(19)2/h3-14,19H,1-2H3. The molecule has 0 saturated carbocycles. The van der Waals surface area contributed by atoms with Gasteiger partial charge in [0, 0.05) is 7.05 Å². The fourth-order valence-corrected chi connectivity index (χ4v) is 2.81. The third kappa shape index (κ3) is 2.27. The Balaban J connectivity index is 2.06. The molecule has 2 aromatic rings. The molecule has 0 aliphatic carbocycles. The first-order valence-corrected chi connectivity index (χ1v) is 6.99. The van der Waals surface area contributed by atoms with Gasteiger partial charge in [-0.25, -0.2) is 0 Å². The molecule has 1 nitrogen and oxygen atoms in total. The maximum absolute atomic E-state index is 2.25. The second-order valence-corrected chi connectivity index (χ2v) is 5.22. The third-order valence-corrected chi connectivity index (χ3v) is 3.94. The Morgan fingerprint density at radius 1 is 0.900 bits per heavy atom. The highest BCUT2D eigenvalue weighted by molar-refractivity contribution is 5.68. The van der Waals surface area contributed by atoms with Crippen LogP contribution in [0.1, 0.15) is 17.2 Å². The van der Waals surface area contributed by atoms with E-state index in [-0.39, 0.29) is 0 Å². The minimum atomic E-state index is 0.323. The molecular weight excluding hydrogens is 242 g/mol. The van der Waals surface area contributed by atoms with Gasteiger partial charge >= 0.3 is 0 Å². The molecule has 0 amide bonds. The molecule has 1 atom stereocenters. The molecule has 0 fully saturated rings. The highest BCUT2D eigenvalue weighted by Gasteiger charge is 2.17. The van der Waals surface area contributed by atoms with Gasteiger partial charge in [0.2, 0.25) is 0 Å². The van der Waals surface area contributed by atoms with Crippen LogP contribution in [-0.2, 0) is 0 Å². The number of hydrogen-bond acceptors (Lipinski definition) is 1. The number of hydrogen-bond donors (Lipinski definition) is 0. The highest BCUT2D eigenvalue weighted by Crippen LogP contribution is 2.32. The predicted octanol–water partition coefficient (Wildman–Crippen LogP) is 4.72. The second kappa shape index (κ2) is 5.38. The van der Waals surface area contributed by atoms with Crippen LogP contribution in [0.15, 0.2) is 73.0 Å². The summed E-state index contributed by atoms with van der Waals surface area (Å²) in [6.45, 7) is 2.22. The SMILES string of the molecule is Cc1c(-c2ccccc2)cccc1C1C=CC=CN1C. The lowest BCUT2D eigenvalue weighted by atomic mass is 9.92. The molecule has 0 spiro atoms. The number of benzene rings is 2. The molecule has 0 saturated heterocycles. The first-order valence-electron chi connectivity index (χ1n) is 6.99. The van der Waals surface area contributed by atoms with E-state index in [0.717, 1.165) is 0 Å². The van der Waals surface area contributed by atoms with Crippen molar-refractivity contribution in [1.82, 2.24) is 4.90 Å². The molecule has 0 bridgehead atoms. The highest BCUT2D eigenvalue weighted by atomic mass is 15.1. The first-order chi connectivity index (χ1) is 9.77. The molecule has 0 radical (unpaired) electrons. The Morgan fingerprint density at radius 3 is 2.45 bits per heavy atom. The van der Waals surface area contributed by atoms with Gasteiger partial charge in [0.25, 0.3) is 0 Å². The lowest BCUT2D eigenvalue weighted by Crippen LogP contribution is -2.19. The van der Waals surface area contributed by atoms with Crippen molar-refractivity contribution >= 4 is 0 Å². The van der Waals surface area contributed by atoms with E-state index in [1.807, 2.05) is 0 Å². The summed E-state index contributed by atoms with van der Waals surface area (Å²) >= 11 is 0. The number of likely N-dealkylation sites (N-methyl/N-ethyl adjacent to an activating group) is 1. The van der Waals surface area contributed by atoms with E-state index in [1.54, 1.807) is 0 Å². The van der Waals surface area contributed by atoms with Crippen molar-refractivity contribution in [2.24, 2.45) is 0 Å². The maximum atomic E-state index is 2.25. The van der Waals surface area contributed by atoms with Crippen LogP contribution in [0.4, 0.5) is 0 Å². The summed E-state index contributed by atoms with van der Waals surface area (Å²) < 4.78 is 0. The summed E-state index contributed by atoms with van der Waals surface area (Å²) in [5.41, 5.74) is 5.33. The predicted molar refractivity (Wildman–Crippen MR) is 85.4 cm³/mol. The van der Waals surface area contributed by atoms with E-state index >= 15 is 0 Å². The van der Waals surface area contributed by atoms with E-state index in [1.165, 1.54) is 22.3 Å². The summed E-state index contributed by atoms with van der Waals surface area (Å²) in [7, 11) is 2.12. The van der Waals surface area contributed by atoms with Crippen LogP contribution in [0, 0.1) is 6.92 Å². The van der Waals surface area contributed by atoms with Crippen molar-refractivity contribution in [2.75, 3.05) is 7.05 Å². The Hall–Kier alpha value is -2.28. The molecule has 3 rings (SSSR count). The molecule has 1 aliphatic rings. The Labute approximate surface area is 120 Å². The van der Waals surface area contributed by atoms with Gasteiger partial charge in [-0.1, -0.05) is 60.7 Å². The van der Waals surface area contributed by atoms with Gasteiger partial charge < -0.3 is 4.90 Å². The summed E-state index contributed by atoms with van der Waals surface area (Å²) in [5, 5.41) is 0. The van der Waals surface area contributed by atoms with Crippen molar-refractivity contribution in [2.45, 2.75) is 13.0 Å². The topological polar surface area (TPSA) is 3.24 Å². The molecule has 1 heterocycles. The van der Waals surface area contributed by atoms with Gasteiger partial charge in [-0.05, 0) is 41.5 Å². The van der Waals surface area contributed by atoms with Gasteiger partial charge in [0.15, 0.2) is 0 Å².